The summed E-state index contributed by atoms with van der Waals surface area (Å²) >= 11 is 1.49. The third-order valence-electron chi connectivity index (χ3n) is 5.95. The minimum atomic E-state index is -0.105. The Balaban J connectivity index is 1.59. The summed E-state index contributed by atoms with van der Waals surface area (Å²) in [5.74, 6) is -0.0828. The summed E-state index contributed by atoms with van der Waals surface area (Å²) in [6, 6.07) is 12.1. The number of thiophene rings is 1. The van der Waals surface area contributed by atoms with Gasteiger partial charge in [0.2, 0.25) is 5.91 Å². The minimum absolute atomic E-state index is 0.0227. The number of hydrogen-bond acceptors (Lipinski definition) is 4. The molecule has 168 valence electrons. The summed E-state index contributed by atoms with van der Waals surface area (Å²) in [6.07, 6.45) is 3.53. The number of benzene rings is 1. The maximum Gasteiger partial charge on any atom is 0.257 e. The SMILES string of the molecule is Cc1cc(C)n(CCC(=O)Nc2sc(-c3ccccc3)c(C)c2C(=O)N2CCCCC2)n1. The highest BCUT2D eigenvalue weighted by molar-refractivity contribution is 7.20. The van der Waals surface area contributed by atoms with Gasteiger partial charge >= 0.3 is 0 Å². The predicted molar refractivity (Wildman–Crippen MR) is 129 cm³/mol. The molecule has 3 heterocycles. The van der Waals surface area contributed by atoms with Gasteiger partial charge in [-0.2, -0.15) is 5.10 Å². The van der Waals surface area contributed by atoms with Crippen molar-refractivity contribution in [2.75, 3.05) is 18.4 Å². The molecule has 1 aromatic carbocycles. The zero-order chi connectivity index (χ0) is 22.7. The summed E-state index contributed by atoms with van der Waals surface area (Å²) in [5.41, 5.74) is 4.61. The van der Waals surface area contributed by atoms with Crippen LogP contribution in [-0.2, 0) is 11.3 Å². The summed E-state index contributed by atoms with van der Waals surface area (Å²) in [6.45, 7) is 7.99. The van der Waals surface area contributed by atoms with Crippen molar-refractivity contribution in [2.45, 2.75) is 53.0 Å². The molecule has 2 amide bonds. The lowest BCUT2D eigenvalue weighted by atomic mass is 10.0. The number of aryl methyl sites for hydroxylation is 3. The van der Waals surface area contributed by atoms with E-state index >= 15 is 0 Å². The molecule has 1 aliphatic rings. The van der Waals surface area contributed by atoms with Crippen LogP contribution in [-0.4, -0.2) is 39.6 Å². The summed E-state index contributed by atoms with van der Waals surface area (Å²) in [5, 5.41) is 8.13. The maximum atomic E-state index is 13.5. The third-order valence-corrected chi connectivity index (χ3v) is 7.20. The minimum Gasteiger partial charge on any atom is -0.339 e. The molecule has 32 heavy (non-hydrogen) atoms. The molecule has 0 aliphatic carbocycles. The first kappa shape index (κ1) is 22.3. The van der Waals surface area contributed by atoms with E-state index in [1.165, 1.54) is 11.3 Å². The normalized spacial score (nSPS) is 13.9. The van der Waals surface area contributed by atoms with E-state index in [9.17, 15) is 9.59 Å². The second kappa shape index (κ2) is 9.69. The van der Waals surface area contributed by atoms with Gasteiger partial charge in [-0.25, -0.2) is 0 Å². The molecule has 7 heteroatoms. The van der Waals surface area contributed by atoms with Gasteiger partial charge in [-0.15, -0.1) is 11.3 Å². The molecular weight excluding hydrogens is 420 g/mol. The first-order chi connectivity index (χ1) is 15.4. The van der Waals surface area contributed by atoms with Crippen LogP contribution in [0.1, 0.15) is 53.0 Å². The van der Waals surface area contributed by atoms with Crippen molar-refractivity contribution < 1.29 is 9.59 Å². The van der Waals surface area contributed by atoms with Crippen LogP contribution in [0.25, 0.3) is 10.4 Å². The zero-order valence-electron chi connectivity index (χ0n) is 19.0. The molecule has 1 fully saturated rings. The van der Waals surface area contributed by atoms with Crippen LogP contribution in [0.2, 0.25) is 0 Å². The number of anilines is 1. The predicted octanol–water partition coefficient (Wildman–Crippen LogP) is 5.19. The van der Waals surface area contributed by atoms with Gasteiger partial charge in [0.25, 0.3) is 5.91 Å². The number of piperidine rings is 1. The van der Waals surface area contributed by atoms with Gasteiger partial charge < -0.3 is 10.2 Å². The molecule has 0 bridgehead atoms. The van der Waals surface area contributed by atoms with E-state index in [0.717, 1.165) is 59.7 Å². The Bertz CT molecular complexity index is 1110. The molecule has 0 unspecified atom stereocenters. The van der Waals surface area contributed by atoms with Gasteiger partial charge in [0.05, 0.1) is 11.3 Å². The highest BCUT2D eigenvalue weighted by atomic mass is 32.1. The van der Waals surface area contributed by atoms with Crippen molar-refractivity contribution in [1.82, 2.24) is 14.7 Å². The van der Waals surface area contributed by atoms with Crippen LogP contribution >= 0.6 is 11.3 Å². The number of carbonyl (C=O) groups excluding carboxylic acids is 2. The average Bonchev–Trinajstić information content (AvgIpc) is 3.30. The highest BCUT2D eigenvalue weighted by Crippen LogP contribution is 2.40. The smallest absolute Gasteiger partial charge is 0.257 e. The van der Waals surface area contributed by atoms with Crippen molar-refractivity contribution in [2.24, 2.45) is 0 Å². The van der Waals surface area contributed by atoms with Crippen molar-refractivity contribution in [3.05, 3.63) is 58.9 Å². The lowest BCUT2D eigenvalue weighted by molar-refractivity contribution is -0.116. The molecule has 1 aliphatic heterocycles. The Kier molecular flexibility index (Phi) is 6.74. The molecule has 1 saturated heterocycles. The molecule has 0 radical (unpaired) electrons. The summed E-state index contributed by atoms with van der Waals surface area (Å²) < 4.78 is 1.85. The van der Waals surface area contributed by atoms with Crippen LogP contribution in [0, 0.1) is 20.8 Å². The number of rotatable bonds is 6. The number of carbonyl (C=O) groups is 2. The van der Waals surface area contributed by atoms with Crippen LogP contribution in [0.5, 0.6) is 0 Å². The van der Waals surface area contributed by atoms with Crippen molar-refractivity contribution >= 4 is 28.2 Å². The number of nitrogens with one attached hydrogen (secondary N) is 1. The van der Waals surface area contributed by atoms with Crippen molar-refractivity contribution in [3.8, 4) is 10.4 Å². The van der Waals surface area contributed by atoms with Crippen LogP contribution in [0.3, 0.4) is 0 Å². The first-order valence-corrected chi connectivity index (χ1v) is 12.0. The van der Waals surface area contributed by atoms with Gasteiger partial charge in [0.1, 0.15) is 5.00 Å². The van der Waals surface area contributed by atoms with Gasteiger partial charge in [-0.05, 0) is 57.2 Å². The highest BCUT2D eigenvalue weighted by Gasteiger charge is 2.27. The van der Waals surface area contributed by atoms with Gasteiger partial charge in [-0.3, -0.25) is 14.3 Å². The van der Waals surface area contributed by atoms with Gasteiger partial charge in [0, 0.05) is 36.6 Å². The summed E-state index contributed by atoms with van der Waals surface area (Å²) in [7, 11) is 0. The third kappa shape index (κ3) is 4.78. The second-order valence-electron chi connectivity index (χ2n) is 8.43. The Morgan fingerprint density at radius 3 is 2.44 bits per heavy atom. The molecule has 1 N–H and O–H groups in total. The largest absolute Gasteiger partial charge is 0.339 e. The fourth-order valence-corrected chi connectivity index (χ4v) is 5.50. The van der Waals surface area contributed by atoms with Crippen molar-refractivity contribution in [1.29, 1.82) is 0 Å². The molecule has 6 nitrogen and oxygen atoms in total. The number of nitrogens with zero attached hydrogens (tertiary/aromatic N) is 3. The Hall–Kier alpha value is -2.93. The topological polar surface area (TPSA) is 67.2 Å². The van der Waals surface area contributed by atoms with E-state index < -0.39 is 0 Å². The van der Waals surface area contributed by atoms with Crippen LogP contribution in [0.4, 0.5) is 5.00 Å². The monoisotopic (exact) mass is 450 g/mol. The molecule has 0 spiro atoms. The number of hydrogen-bond donors (Lipinski definition) is 1. The first-order valence-electron chi connectivity index (χ1n) is 11.2. The van der Waals surface area contributed by atoms with E-state index in [2.05, 4.69) is 10.4 Å². The van der Waals surface area contributed by atoms with E-state index in [4.69, 9.17) is 0 Å². The van der Waals surface area contributed by atoms with Gasteiger partial charge in [-0.1, -0.05) is 30.3 Å². The van der Waals surface area contributed by atoms with Crippen LogP contribution < -0.4 is 5.32 Å². The number of aromatic nitrogens is 2. The standard InChI is InChI=1S/C25H30N4O2S/c1-17-16-18(2)29(27-17)15-12-21(30)26-24-22(25(31)28-13-8-5-9-14-28)19(3)23(32-24)20-10-6-4-7-11-20/h4,6-7,10-11,16H,5,8-9,12-15H2,1-3H3,(H,26,30). The summed E-state index contributed by atoms with van der Waals surface area (Å²) in [4.78, 5) is 29.3. The molecule has 0 atom stereocenters. The van der Waals surface area contributed by atoms with E-state index in [-0.39, 0.29) is 11.8 Å². The molecule has 3 aromatic rings. The number of amides is 2. The van der Waals surface area contributed by atoms with E-state index in [1.54, 1.807) is 0 Å². The maximum absolute atomic E-state index is 13.5. The molecule has 4 rings (SSSR count). The lowest BCUT2D eigenvalue weighted by Crippen LogP contribution is -2.36. The Morgan fingerprint density at radius 2 is 1.78 bits per heavy atom. The van der Waals surface area contributed by atoms with E-state index in [1.807, 2.05) is 66.8 Å². The second-order valence-corrected chi connectivity index (χ2v) is 9.45. The number of likely N-dealkylation sites (tertiary alicyclic amines) is 1. The van der Waals surface area contributed by atoms with Crippen molar-refractivity contribution in [3.63, 3.8) is 0 Å². The lowest BCUT2D eigenvalue weighted by Gasteiger charge is -2.27. The fourth-order valence-electron chi connectivity index (χ4n) is 4.28. The quantitative estimate of drug-likeness (QED) is 0.562. The van der Waals surface area contributed by atoms with E-state index in [0.29, 0.717) is 23.5 Å². The molecular formula is C25H30N4O2S. The Morgan fingerprint density at radius 1 is 1.06 bits per heavy atom. The molecule has 0 saturated carbocycles. The fraction of sp³-hybridized carbons (Fsp3) is 0.400. The Labute approximate surface area is 193 Å². The molecule has 2 aromatic heterocycles. The van der Waals surface area contributed by atoms with Gasteiger partial charge in [0.15, 0.2) is 0 Å². The average molecular weight is 451 g/mol. The van der Waals surface area contributed by atoms with Crippen LogP contribution in [0.15, 0.2) is 36.4 Å². The zero-order valence-corrected chi connectivity index (χ0v) is 19.8.